The van der Waals surface area contributed by atoms with Gasteiger partial charge in [0.1, 0.15) is 0 Å². The zero-order valence-electron chi connectivity index (χ0n) is 14.8. The standard InChI is InChI=1S/C21H27N3O/c25-21(23-14-6-8-18-7-4-5-11-20(18)23)13-12-17-15-22-24(16-17)19-9-2-1-3-10-19/h1-3,9-10,15-16,18,20H,4-8,11-14H2. The summed E-state index contributed by atoms with van der Waals surface area (Å²) in [5.41, 5.74) is 2.19. The molecular formula is C21H27N3O. The van der Waals surface area contributed by atoms with Gasteiger partial charge in [-0.2, -0.15) is 5.10 Å². The number of carbonyl (C=O) groups excluding carboxylic acids is 1. The van der Waals surface area contributed by atoms with E-state index >= 15 is 0 Å². The van der Waals surface area contributed by atoms with Crippen molar-refractivity contribution in [2.45, 2.75) is 57.4 Å². The fourth-order valence-electron chi connectivity index (χ4n) is 4.54. The van der Waals surface area contributed by atoms with Gasteiger partial charge in [-0.25, -0.2) is 4.68 Å². The van der Waals surface area contributed by atoms with Gasteiger partial charge in [-0.3, -0.25) is 4.79 Å². The number of aryl methyl sites for hydroxylation is 1. The highest BCUT2D eigenvalue weighted by atomic mass is 16.2. The molecule has 2 heterocycles. The molecule has 1 aliphatic heterocycles. The molecule has 1 aliphatic carbocycles. The van der Waals surface area contributed by atoms with Crippen molar-refractivity contribution in [2.24, 2.45) is 5.92 Å². The summed E-state index contributed by atoms with van der Waals surface area (Å²) in [5.74, 6) is 1.09. The summed E-state index contributed by atoms with van der Waals surface area (Å²) >= 11 is 0. The summed E-state index contributed by atoms with van der Waals surface area (Å²) in [6, 6.07) is 10.6. The van der Waals surface area contributed by atoms with Gasteiger partial charge in [-0.15, -0.1) is 0 Å². The minimum absolute atomic E-state index is 0.337. The zero-order chi connectivity index (χ0) is 17.1. The first kappa shape index (κ1) is 16.4. The molecule has 2 fully saturated rings. The van der Waals surface area contributed by atoms with E-state index in [1.807, 2.05) is 47.4 Å². The molecule has 4 heteroatoms. The Hall–Kier alpha value is -2.10. The molecule has 4 rings (SSSR count). The van der Waals surface area contributed by atoms with Gasteiger partial charge in [0.05, 0.1) is 11.9 Å². The number of amides is 1. The molecule has 1 saturated carbocycles. The Morgan fingerprint density at radius 1 is 1.08 bits per heavy atom. The van der Waals surface area contributed by atoms with E-state index in [-0.39, 0.29) is 0 Å². The number of carbonyl (C=O) groups is 1. The summed E-state index contributed by atoms with van der Waals surface area (Å²) in [7, 11) is 0. The summed E-state index contributed by atoms with van der Waals surface area (Å²) in [6.45, 7) is 0.962. The van der Waals surface area contributed by atoms with Crippen LogP contribution in [-0.2, 0) is 11.2 Å². The lowest BCUT2D eigenvalue weighted by molar-refractivity contribution is -0.137. The topological polar surface area (TPSA) is 38.1 Å². The lowest BCUT2D eigenvalue weighted by Gasteiger charge is -2.44. The van der Waals surface area contributed by atoms with Crippen molar-refractivity contribution >= 4 is 5.91 Å². The Labute approximate surface area is 149 Å². The second-order valence-electron chi connectivity index (χ2n) is 7.47. The molecule has 0 radical (unpaired) electrons. The molecule has 1 amide bonds. The number of rotatable bonds is 4. The quantitative estimate of drug-likeness (QED) is 0.846. The van der Waals surface area contributed by atoms with Crippen LogP contribution in [0.2, 0.25) is 0 Å². The molecule has 2 aliphatic rings. The summed E-state index contributed by atoms with van der Waals surface area (Å²) in [4.78, 5) is 15.0. The zero-order valence-corrected chi connectivity index (χ0v) is 14.8. The first-order valence-corrected chi connectivity index (χ1v) is 9.70. The fraction of sp³-hybridized carbons (Fsp3) is 0.524. The number of hydrogen-bond acceptors (Lipinski definition) is 2. The van der Waals surface area contributed by atoms with Crippen molar-refractivity contribution in [1.29, 1.82) is 0 Å². The monoisotopic (exact) mass is 337 g/mol. The Morgan fingerprint density at radius 2 is 1.88 bits per heavy atom. The van der Waals surface area contributed by atoms with Gasteiger partial charge in [0.15, 0.2) is 0 Å². The highest BCUT2D eigenvalue weighted by Crippen LogP contribution is 2.35. The molecule has 2 unspecified atom stereocenters. The van der Waals surface area contributed by atoms with Gasteiger partial charge in [0.2, 0.25) is 5.91 Å². The molecule has 0 N–H and O–H groups in total. The number of fused-ring (bicyclic) bond motifs is 1. The highest BCUT2D eigenvalue weighted by Gasteiger charge is 2.35. The van der Waals surface area contributed by atoms with E-state index in [2.05, 4.69) is 10.00 Å². The first-order valence-electron chi connectivity index (χ1n) is 9.70. The molecule has 25 heavy (non-hydrogen) atoms. The lowest BCUT2D eigenvalue weighted by atomic mass is 9.78. The molecule has 1 aromatic heterocycles. The molecule has 0 spiro atoms. The molecule has 4 nitrogen and oxygen atoms in total. The Balaban J connectivity index is 1.36. The average molecular weight is 337 g/mol. The third kappa shape index (κ3) is 3.63. The molecule has 2 aromatic rings. The molecular weight excluding hydrogens is 310 g/mol. The average Bonchev–Trinajstić information content (AvgIpc) is 3.15. The van der Waals surface area contributed by atoms with Gasteiger partial charge < -0.3 is 4.90 Å². The third-order valence-electron chi connectivity index (χ3n) is 5.85. The number of piperidine rings is 1. The largest absolute Gasteiger partial charge is 0.339 e. The van der Waals surface area contributed by atoms with Crippen molar-refractivity contribution in [3.63, 3.8) is 0 Å². The van der Waals surface area contributed by atoms with Crippen molar-refractivity contribution in [1.82, 2.24) is 14.7 Å². The van der Waals surface area contributed by atoms with Crippen LogP contribution >= 0.6 is 0 Å². The minimum Gasteiger partial charge on any atom is -0.339 e. The van der Waals surface area contributed by atoms with E-state index in [0.717, 1.165) is 30.1 Å². The van der Waals surface area contributed by atoms with Crippen LogP contribution in [0.5, 0.6) is 0 Å². The van der Waals surface area contributed by atoms with Crippen LogP contribution in [0.25, 0.3) is 5.69 Å². The molecule has 1 saturated heterocycles. The van der Waals surface area contributed by atoms with Gasteiger partial charge in [-0.1, -0.05) is 31.0 Å². The van der Waals surface area contributed by atoms with E-state index in [4.69, 9.17) is 0 Å². The van der Waals surface area contributed by atoms with Crippen molar-refractivity contribution < 1.29 is 4.79 Å². The first-order chi connectivity index (χ1) is 12.3. The molecule has 0 bridgehead atoms. The van der Waals surface area contributed by atoms with Gasteiger partial charge >= 0.3 is 0 Å². The van der Waals surface area contributed by atoms with Crippen LogP contribution in [0.4, 0.5) is 0 Å². The molecule has 132 valence electrons. The van der Waals surface area contributed by atoms with Crippen LogP contribution in [-0.4, -0.2) is 33.2 Å². The van der Waals surface area contributed by atoms with Crippen LogP contribution in [0.1, 0.15) is 50.5 Å². The maximum absolute atomic E-state index is 12.8. The van der Waals surface area contributed by atoms with Crippen molar-refractivity contribution in [3.05, 3.63) is 48.3 Å². The van der Waals surface area contributed by atoms with Gasteiger partial charge in [-0.05, 0) is 55.7 Å². The maximum Gasteiger partial charge on any atom is 0.223 e. The van der Waals surface area contributed by atoms with Crippen LogP contribution in [0.3, 0.4) is 0 Å². The van der Waals surface area contributed by atoms with Crippen LogP contribution in [0.15, 0.2) is 42.7 Å². The number of para-hydroxylation sites is 1. The van der Waals surface area contributed by atoms with Crippen LogP contribution in [0, 0.1) is 5.92 Å². The SMILES string of the molecule is O=C(CCc1cnn(-c2ccccc2)c1)N1CCCC2CCCCC21. The second kappa shape index (κ2) is 7.42. The number of hydrogen-bond donors (Lipinski definition) is 0. The van der Waals surface area contributed by atoms with E-state index in [9.17, 15) is 4.79 Å². The Bertz CT molecular complexity index is 707. The summed E-state index contributed by atoms with van der Waals surface area (Å²) in [5, 5.41) is 4.43. The highest BCUT2D eigenvalue weighted by molar-refractivity contribution is 5.77. The van der Waals surface area contributed by atoms with E-state index < -0.39 is 0 Å². The second-order valence-corrected chi connectivity index (χ2v) is 7.47. The number of nitrogens with zero attached hydrogens (tertiary/aromatic N) is 3. The summed E-state index contributed by atoms with van der Waals surface area (Å²) < 4.78 is 1.89. The van der Waals surface area contributed by atoms with E-state index in [0.29, 0.717) is 18.4 Å². The predicted octanol–water partition coefficient (Wildman–Crippen LogP) is 3.99. The van der Waals surface area contributed by atoms with Gasteiger partial charge in [0, 0.05) is 25.2 Å². The Morgan fingerprint density at radius 3 is 2.76 bits per heavy atom. The van der Waals surface area contributed by atoms with Crippen molar-refractivity contribution in [2.75, 3.05) is 6.54 Å². The number of aromatic nitrogens is 2. The minimum atomic E-state index is 0.337. The normalized spacial score (nSPS) is 23.3. The van der Waals surface area contributed by atoms with Gasteiger partial charge in [0.25, 0.3) is 0 Å². The maximum atomic E-state index is 12.8. The van der Waals surface area contributed by atoms with Crippen molar-refractivity contribution in [3.8, 4) is 5.69 Å². The third-order valence-corrected chi connectivity index (χ3v) is 5.85. The Kier molecular flexibility index (Phi) is 4.86. The fourth-order valence-corrected chi connectivity index (χ4v) is 4.54. The van der Waals surface area contributed by atoms with E-state index in [1.165, 1.54) is 38.5 Å². The number of likely N-dealkylation sites (tertiary alicyclic amines) is 1. The summed E-state index contributed by atoms with van der Waals surface area (Å²) in [6.07, 6.45) is 13.0. The van der Waals surface area contributed by atoms with Crippen LogP contribution < -0.4 is 0 Å². The number of benzene rings is 1. The molecule has 1 aromatic carbocycles. The predicted molar refractivity (Wildman–Crippen MR) is 98.6 cm³/mol. The van der Waals surface area contributed by atoms with E-state index in [1.54, 1.807) is 0 Å². The smallest absolute Gasteiger partial charge is 0.223 e. The molecule has 2 atom stereocenters. The lowest BCUT2D eigenvalue weighted by Crippen LogP contribution is -2.49.